The summed E-state index contributed by atoms with van der Waals surface area (Å²) in [5, 5.41) is 6.80. The highest BCUT2D eigenvalue weighted by Gasteiger charge is 2.27. The summed E-state index contributed by atoms with van der Waals surface area (Å²) >= 11 is 0. The van der Waals surface area contributed by atoms with Gasteiger partial charge in [0.25, 0.3) is 0 Å². The Balaban J connectivity index is 1.82. The number of rotatable bonds is 5. The molecule has 3 heteroatoms. The SMILES string of the molecule is C=CCOc1ccc([C@H]2CC(C)=NN2c2ccccc2)cc1. The third-order valence-electron chi connectivity index (χ3n) is 3.72. The molecular weight excluding hydrogens is 272 g/mol. The molecule has 1 aliphatic heterocycles. The van der Waals surface area contributed by atoms with Crippen molar-refractivity contribution in [2.45, 2.75) is 19.4 Å². The van der Waals surface area contributed by atoms with Gasteiger partial charge in [0.1, 0.15) is 12.4 Å². The Labute approximate surface area is 131 Å². The summed E-state index contributed by atoms with van der Waals surface area (Å²) < 4.78 is 5.55. The zero-order valence-electron chi connectivity index (χ0n) is 12.8. The molecule has 0 aromatic heterocycles. The van der Waals surface area contributed by atoms with Crippen molar-refractivity contribution < 1.29 is 4.74 Å². The molecule has 3 nitrogen and oxygen atoms in total. The molecule has 0 bridgehead atoms. The first-order chi connectivity index (χ1) is 10.8. The highest BCUT2D eigenvalue weighted by molar-refractivity contribution is 5.86. The quantitative estimate of drug-likeness (QED) is 0.754. The van der Waals surface area contributed by atoms with Crippen molar-refractivity contribution in [3.63, 3.8) is 0 Å². The number of para-hydroxylation sites is 1. The summed E-state index contributed by atoms with van der Waals surface area (Å²) in [5.41, 5.74) is 3.52. The van der Waals surface area contributed by atoms with Gasteiger partial charge in [-0.3, -0.25) is 5.01 Å². The van der Waals surface area contributed by atoms with E-state index in [9.17, 15) is 0 Å². The summed E-state index contributed by atoms with van der Waals surface area (Å²) in [6.45, 7) is 6.27. The van der Waals surface area contributed by atoms with Crippen LogP contribution in [0.3, 0.4) is 0 Å². The van der Waals surface area contributed by atoms with Crippen LogP contribution in [0.1, 0.15) is 24.9 Å². The van der Waals surface area contributed by atoms with Gasteiger partial charge in [0.2, 0.25) is 0 Å². The zero-order valence-corrected chi connectivity index (χ0v) is 12.8. The summed E-state index contributed by atoms with van der Waals surface area (Å²) in [6.07, 6.45) is 2.70. The number of hydrogen-bond acceptors (Lipinski definition) is 3. The Morgan fingerprint density at radius 2 is 1.91 bits per heavy atom. The fourth-order valence-corrected chi connectivity index (χ4v) is 2.68. The molecule has 112 valence electrons. The van der Waals surface area contributed by atoms with E-state index in [4.69, 9.17) is 9.84 Å². The van der Waals surface area contributed by atoms with Crippen molar-refractivity contribution in [3.05, 3.63) is 72.8 Å². The number of benzene rings is 2. The minimum absolute atomic E-state index is 0.246. The van der Waals surface area contributed by atoms with Gasteiger partial charge in [0, 0.05) is 12.1 Å². The van der Waals surface area contributed by atoms with Crippen molar-refractivity contribution in [1.29, 1.82) is 0 Å². The van der Waals surface area contributed by atoms with E-state index in [1.165, 1.54) is 5.56 Å². The lowest BCUT2D eigenvalue weighted by Crippen LogP contribution is -2.18. The van der Waals surface area contributed by atoms with Crippen molar-refractivity contribution in [2.24, 2.45) is 5.10 Å². The van der Waals surface area contributed by atoms with Crippen LogP contribution in [0.25, 0.3) is 0 Å². The van der Waals surface area contributed by atoms with Gasteiger partial charge in [0.15, 0.2) is 0 Å². The third kappa shape index (κ3) is 3.03. The zero-order chi connectivity index (χ0) is 15.4. The molecule has 1 heterocycles. The molecule has 0 fully saturated rings. The Morgan fingerprint density at radius 3 is 2.59 bits per heavy atom. The Bertz CT molecular complexity index is 662. The summed E-state index contributed by atoms with van der Waals surface area (Å²) in [5.74, 6) is 0.866. The van der Waals surface area contributed by atoms with E-state index in [1.54, 1.807) is 6.08 Å². The van der Waals surface area contributed by atoms with Crippen LogP contribution in [0.5, 0.6) is 5.75 Å². The molecule has 0 spiro atoms. The maximum Gasteiger partial charge on any atom is 0.119 e. The number of anilines is 1. The van der Waals surface area contributed by atoms with Gasteiger partial charge in [-0.05, 0) is 36.8 Å². The molecule has 0 amide bonds. The second-order valence-corrected chi connectivity index (χ2v) is 5.40. The predicted molar refractivity (Wildman–Crippen MR) is 91.5 cm³/mol. The van der Waals surface area contributed by atoms with E-state index in [0.717, 1.165) is 23.6 Å². The van der Waals surface area contributed by atoms with E-state index in [1.807, 2.05) is 30.3 Å². The molecule has 22 heavy (non-hydrogen) atoms. The Hall–Kier alpha value is -2.55. The monoisotopic (exact) mass is 292 g/mol. The van der Waals surface area contributed by atoms with Crippen LogP contribution in [0.4, 0.5) is 5.69 Å². The first kappa shape index (κ1) is 14.4. The van der Waals surface area contributed by atoms with Crippen molar-refractivity contribution in [2.75, 3.05) is 11.6 Å². The number of ether oxygens (including phenoxy) is 1. The molecule has 0 unspecified atom stereocenters. The van der Waals surface area contributed by atoms with E-state index >= 15 is 0 Å². The molecule has 0 N–H and O–H groups in total. The Morgan fingerprint density at radius 1 is 1.18 bits per heavy atom. The lowest BCUT2D eigenvalue weighted by atomic mass is 10.0. The van der Waals surface area contributed by atoms with Gasteiger partial charge in [-0.15, -0.1) is 0 Å². The van der Waals surface area contributed by atoms with Crippen LogP contribution in [-0.2, 0) is 0 Å². The van der Waals surface area contributed by atoms with Crippen LogP contribution < -0.4 is 9.75 Å². The number of hydrazone groups is 1. The fraction of sp³-hybridized carbons (Fsp3) is 0.211. The van der Waals surface area contributed by atoms with E-state index in [0.29, 0.717) is 6.61 Å². The number of nitrogens with zero attached hydrogens (tertiary/aromatic N) is 2. The summed E-state index contributed by atoms with van der Waals surface area (Å²) in [7, 11) is 0. The minimum atomic E-state index is 0.246. The molecule has 0 aliphatic carbocycles. The maximum atomic E-state index is 5.55. The lowest BCUT2D eigenvalue weighted by Gasteiger charge is -2.24. The molecule has 2 aromatic carbocycles. The van der Waals surface area contributed by atoms with E-state index in [-0.39, 0.29) is 6.04 Å². The van der Waals surface area contributed by atoms with Gasteiger partial charge >= 0.3 is 0 Å². The van der Waals surface area contributed by atoms with Gasteiger partial charge in [-0.2, -0.15) is 5.10 Å². The second kappa shape index (κ2) is 6.48. The highest BCUT2D eigenvalue weighted by atomic mass is 16.5. The summed E-state index contributed by atoms with van der Waals surface area (Å²) in [4.78, 5) is 0. The largest absolute Gasteiger partial charge is 0.490 e. The van der Waals surface area contributed by atoms with E-state index < -0.39 is 0 Å². The highest BCUT2D eigenvalue weighted by Crippen LogP contribution is 2.35. The number of hydrogen-bond donors (Lipinski definition) is 0. The molecule has 2 aromatic rings. The van der Waals surface area contributed by atoms with Gasteiger partial charge in [-0.1, -0.05) is 43.0 Å². The van der Waals surface area contributed by atoms with Crippen molar-refractivity contribution in [3.8, 4) is 5.75 Å². The smallest absolute Gasteiger partial charge is 0.119 e. The van der Waals surface area contributed by atoms with Crippen LogP contribution in [0.2, 0.25) is 0 Å². The maximum absolute atomic E-state index is 5.55. The normalized spacial score (nSPS) is 17.2. The van der Waals surface area contributed by atoms with Crippen molar-refractivity contribution in [1.82, 2.24) is 0 Å². The first-order valence-electron chi connectivity index (χ1n) is 7.50. The van der Waals surface area contributed by atoms with Crippen LogP contribution in [0, 0.1) is 0 Å². The van der Waals surface area contributed by atoms with Crippen LogP contribution >= 0.6 is 0 Å². The molecular formula is C19H20N2O. The molecule has 1 aliphatic rings. The molecule has 0 saturated carbocycles. The van der Waals surface area contributed by atoms with Gasteiger partial charge < -0.3 is 4.74 Å². The van der Waals surface area contributed by atoms with Crippen molar-refractivity contribution >= 4 is 11.4 Å². The fourth-order valence-electron chi connectivity index (χ4n) is 2.68. The molecule has 0 saturated heterocycles. The molecule has 1 atom stereocenters. The average molecular weight is 292 g/mol. The van der Waals surface area contributed by atoms with Gasteiger partial charge in [0.05, 0.1) is 11.7 Å². The lowest BCUT2D eigenvalue weighted by molar-refractivity contribution is 0.363. The molecule has 3 rings (SSSR count). The summed E-state index contributed by atoms with van der Waals surface area (Å²) in [6, 6.07) is 18.8. The average Bonchev–Trinajstić information content (AvgIpc) is 2.96. The second-order valence-electron chi connectivity index (χ2n) is 5.40. The van der Waals surface area contributed by atoms with E-state index in [2.05, 4.69) is 42.8 Å². The first-order valence-corrected chi connectivity index (χ1v) is 7.50. The topological polar surface area (TPSA) is 24.8 Å². The predicted octanol–water partition coefficient (Wildman–Crippen LogP) is 4.58. The van der Waals surface area contributed by atoms with Gasteiger partial charge in [-0.25, -0.2) is 0 Å². The van der Waals surface area contributed by atoms with Crippen LogP contribution in [0.15, 0.2) is 72.4 Å². The van der Waals surface area contributed by atoms with Crippen LogP contribution in [-0.4, -0.2) is 12.3 Å². The third-order valence-corrected chi connectivity index (χ3v) is 3.72. The minimum Gasteiger partial charge on any atom is -0.490 e. The Kier molecular flexibility index (Phi) is 4.24. The molecule has 0 radical (unpaired) electrons. The standard InChI is InChI=1S/C19H20N2O/c1-3-13-22-18-11-9-16(10-12-18)19-14-15(2)20-21(19)17-7-5-4-6-8-17/h3-12,19H,1,13-14H2,2H3/t19-/m1/s1.